The van der Waals surface area contributed by atoms with Crippen LogP contribution in [0.2, 0.25) is 5.02 Å². The monoisotopic (exact) mass is 262 g/mol. The number of rotatable bonds is 3. The average molecular weight is 263 g/mol. The summed E-state index contributed by atoms with van der Waals surface area (Å²) >= 11 is 5.94. The van der Waals surface area contributed by atoms with Crippen molar-refractivity contribution in [2.24, 2.45) is 0 Å². The van der Waals surface area contributed by atoms with E-state index in [4.69, 9.17) is 21.4 Å². The Morgan fingerprint density at radius 2 is 2.28 bits per heavy atom. The third kappa shape index (κ3) is 2.60. The SMILES string of the molecule is Cc1nc(CN(C)c2cc(Cl)ccc2C#N)no1. The van der Waals surface area contributed by atoms with Gasteiger partial charge < -0.3 is 9.42 Å². The van der Waals surface area contributed by atoms with E-state index in [2.05, 4.69) is 16.2 Å². The number of hydrogen-bond acceptors (Lipinski definition) is 5. The molecule has 0 N–H and O–H groups in total. The molecule has 0 amide bonds. The summed E-state index contributed by atoms with van der Waals surface area (Å²) < 4.78 is 4.90. The summed E-state index contributed by atoms with van der Waals surface area (Å²) in [5.74, 6) is 1.09. The molecule has 0 spiro atoms. The Morgan fingerprint density at radius 3 is 2.89 bits per heavy atom. The second kappa shape index (κ2) is 5.07. The first-order valence-electron chi connectivity index (χ1n) is 5.30. The maximum Gasteiger partial charge on any atom is 0.223 e. The number of hydrogen-bond donors (Lipinski definition) is 0. The summed E-state index contributed by atoms with van der Waals surface area (Å²) in [4.78, 5) is 5.97. The fraction of sp³-hybridized carbons (Fsp3) is 0.250. The number of nitrogens with zero attached hydrogens (tertiary/aromatic N) is 4. The van der Waals surface area contributed by atoms with Gasteiger partial charge in [-0.15, -0.1) is 0 Å². The molecule has 1 heterocycles. The molecule has 2 aromatic rings. The Bertz CT molecular complexity index is 602. The lowest BCUT2D eigenvalue weighted by Crippen LogP contribution is -2.18. The van der Waals surface area contributed by atoms with Gasteiger partial charge in [-0.1, -0.05) is 16.8 Å². The first-order valence-corrected chi connectivity index (χ1v) is 5.68. The smallest absolute Gasteiger partial charge is 0.223 e. The summed E-state index contributed by atoms with van der Waals surface area (Å²) in [7, 11) is 1.85. The molecule has 0 fully saturated rings. The largest absolute Gasteiger partial charge is 0.366 e. The second-order valence-electron chi connectivity index (χ2n) is 3.86. The van der Waals surface area contributed by atoms with Gasteiger partial charge in [0.1, 0.15) is 6.07 Å². The van der Waals surface area contributed by atoms with E-state index in [1.54, 1.807) is 25.1 Å². The average Bonchev–Trinajstić information content (AvgIpc) is 2.74. The highest BCUT2D eigenvalue weighted by molar-refractivity contribution is 6.30. The van der Waals surface area contributed by atoms with Crippen LogP contribution in [0, 0.1) is 18.3 Å². The van der Waals surface area contributed by atoms with Crippen LogP contribution in [-0.4, -0.2) is 17.2 Å². The highest BCUT2D eigenvalue weighted by Crippen LogP contribution is 2.24. The number of halogens is 1. The summed E-state index contributed by atoms with van der Waals surface area (Å²) in [6.45, 7) is 2.18. The van der Waals surface area contributed by atoms with Crippen LogP contribution in [0.4, 0.5) is 5.69 Å². The minimum Gasteiger partial charge on any atom is -0.366 e. The fourth-order valence-electron chi connectivity index (χ4n) is 1.62. The molecule has 0 atom stereocenters. The van der Waals surface area contributed by atoms with Gasteiger partial charge in [0.05, 0.1) is 17.8 Å². The van der Waals surface area contributed by atoms with Crippen LogP contribution in [0.25, 0.3) is 0 Å². The Balaban J connectivity index is 2.26. The lowest BCUT2D eigenvalue weighted by atomic mass is 10.2. The zero-order chi connectivity index (χ0) is 13.1. The van der Waals surface area contributed by atoms with Gasteiger partial charge in [0.25, 0.3) is 0 Å². The van der Waals surface area contributed by atoms with Gasteiger partial charge in [-0.3, -0.25) is 0 Å². The number of benzene rings is 1. The molecule has 18 heavy (non-hydrogen) atoms. The minimum absolute atomic E-state index is 0.451. The minimum atomic E-state index is 0.451. The van der Waals surface area contributed by atoms with E-state index in [-0.39, 0.29) is 0 Å². The predicted molar refractivity (Wildman–Crippen MR) is 67.3 cm³/mol. The molecule has 0 saturated heterocycles. The molecule has 6 heteroatoms. The van der Waals surface area contributed by atoms with E-state index in [1.807, 2.05) is 11.9 Å². The summed E-state index contributed by atoms with van der Waals surface area (Å²) in [6.07, 6.45) is 0. The molecule has 0 unspecified atom stereocenters. The number of anilines is 1. The molecule has 0 aliphatic heterocycles. The van der Waals surface area contributed by atoms with Crippen molar-refractivity contribution in [1.29, 1.82) is 5.26 Å². The number of aromatic nitrogens is 2. The van der Waals surface area contributed by atoms with E-state index in [9.17, 15) is 0 Å². The van der Waals surface area contributed by atoms with E-state index in [0.717, 1.165) is 5.69 Å². The van der Waals surface area contributed by atoms with Gasteiger partial charge in [0.2, 0.25) is 5.89 Å². The topological polar surface area (TPSA) is 66.0 Å². The standard InChI is InChI=1S/C12H11ClN4O/c1-8-15-12(16-18-8)7-17(2)11-5-10(13)4-3-9(11)6-14/h3-5H,7H2,1-2H3. The van der Waals surface area contributed by atoms with Crippen LogP contribution in [0.1, 0.15) is 17.3 Å². The Kier molecular flexibility index (Phi) is 3.49. The highest BCUT2D eigenvalue weighted by atomic mass is 35.5. The highest BCUT2D eigenvalue weighted by Gasteiger charge is 2.11. The molecule has 0 saturated carbocycles. The van der Waals surface area contributed by atoms with E-state index >= 15 is 0 Å². The van der Waals surface area contributed by atoms with Crippen molar-refractivity contribution in [2.75, 3.05) is 11.9 Å². The lowest BCUT2D eigenvalue weighted by Gasteiger charge is -2.18. The van der Waals surface area contributed by atoms with Crippen molar-refractivity contribution in [3.05, 3.63) is 40.5 Å². The molecule has 0 radical (unpaired) electrons. The van der Waals surface area contributed by atoms with Crippen LogP contribution in [0.15, 0.2) is 22.7 Å². The molecular weight excluding hydrogens is 252 g/mol. The van der Waals surface area contributed by atoms with Crippen molar-refractivity contribution >= 4 is 17.3 Å². The molecule has 1 aromatic carbocycles. The van der Waals surface area contributed by atoms with Crippen molar-refractivity contribution < 1.29 is 4.52 Å². The third-order valence-corrected chi connectivity index (χ3v) is 2.67. The quantitative estimate of drug-likeness (QED) is 0.850. The molecule has 5 nitrogen and oxygen atoms in total. The Hall–Kier alpha value is -2.06. The predicted octanol–water partition coefficient (Wildman–Crippen LogP) is 2.54. The van der Waals surface area contributed by atoms with Gasteiger partial charge >= 0.3 is 0 Å². The number of nitriles is 1. The summed E-state index contributed by atoms with van der Waals surface area (Å²) in [6, 6.07) is 7.25. The Labute approximate surface area is 110 Å². The molecule has 1 aromatic heterocycles. The van der Waals surface area contributed by atoms with Gasteiger partial charge in [0, 0.05) is 19.0 Å². The Morgan fingerprint density at radius 1 is 1.50 bits per heavy atom. The first kappa shape index (κ1) is 12.4. The fourth-order valence-corrected chi connectivity index (χ4v) is 1.78. The normalized spacial score (nSPS) is 10.1. The number of aryl methyl sites for hydroxylation is 1. The van der Waals surface area contributed by atoms with Gasteiger partial charge in [-0.2, -0.15) is 10.2 Å². The molecule has 2 rings (SSSR count). The lowest BCUT2D eigenvalue weighted by molar-refractivity contribution is 0.387. The molecule has 0 aliphatic rings. The zero-order valence-corrected chi connectivity index (χ0v) is 10.8. The van der Waals surface area contributed by atoms with Crippen LogP contribution in [0.5, 0.6) is 0 Å². The van der Waals surface area contributed by atoms with Crippen molar-refractivity contribution in [3.63, 3.8) is 0 Å². The van der Waals surface area contributed by atoms with Crippen molar-refractivity contribution in [3.8, 4) is 6.07 Å². The molecule has 92 valence electrons. The molecule has 0 bridgehead atoms. The zero-order valence-electron chi connectivity index (χ0n) is 10.0. The summed E-state index contributed by atoms with van der Waals surface area (Å²) in [5, 5.41) is 13.5. The van der Waals surface area contributed by atoms with E-state index in [0.29, 0.717) is 28.8 Å². The summed E-state index contributed by atoms with van der Waals surface area (Å²) in [5.41, 5.74) is 1.30. The van der Waals surface area contributed by atoms with Crippen molar-refractivity contribution in [2.45, 2.75) is 13.5 Å². The van der Waals surface area contributed by atoms with Crippen molar-refractivity contribution in [1.82, 2.24) is 10.1 Å². The van der Waals surface area contributed by atoms with Gasteiger partial charge in [-0.25, -0.2) is 0 Å². The first-order chi connectivity index (χ1) is 8.60. The second-order valence-corrected chi connectivity index (χ2v) is 4.30. The van der Waals surface area contributed by atoms with Gasteiger partial charge in [-0.05, 0) is 18.2 Å². The van der Waals surface area contributed by atoms with Crippen LogP contribution in [0.3, 0.4) is 0 Å². The molecule has 0 aliphatic carbocycles. The van der Waals surface area contributed by atoms with Crippen LogP contribution >= 0.6 is 11.6 Å². The maximum atomic E-state index is 9.06. The van der Waals surface area contributed by atoms with Crippen LogP contribution < -0.4 is 4.90 Å². The van der Waals surface area contributed by atoms with Crippen LogP contribution in [-0.2, 0) is 6.54 Å². The maximum absolute atomic E-state index is 9.06. The van der Waals surface area contributed by atoms with E-state index < -0.39 is 0 Å². The molecular formula is C12H11ClN4O. The van der Waals surface area contributed by atoms with Gasteiger partial charge in [0.15, 0.2) is 5.82 Å². The third-order valence-electron chi connectivity index (χ3n) is 2.44. The van der Waals surface area contributed by atoms with E-state index in [1.165, 1.54) is 0 Å².